The zero-order chi connectivity index (χ0) is 9.26. The van der Waals surface area contributed by atoms with E-state index >= 15 is 0 Å². The molecule has 1 aliphatic rings. The summed E-state index contributed by atoms with van der Waals surface area (Å²) in [7, 11) is 0. The number of nitrogens with zero attached hydrogens (tertiary/aromatic N) is 1. The van der Waals surface area contributed by atoms with Crippen LogP contribution in [-0.4, -0.2) is 22.6 Å². The molecule has 0 bridgehead atoms. The van der Waals surface area contributed by atoms with Crippen LogP contribution in [0.3, 0.4) is 0 Å². The van der Waals surface area contributed by atoms with Gasteiger partial charge < -0.3 is 10.4 Å². The normalized spacial score (nSPS) is 15.1. The lowest BCUT2D eigenvalue weighted by Gasteiger charge is -2.17. The Bertz CT molecular complexity index is 349. The van der Waals surface area contributed by atoms with Crippen molar-refractivity contribution in [3.05, 3.63) is 29.1 Å². The second-order valence-corrected chi connectivity index (χ2v) is 3.02. The SMILES string of the molecule is O=C(O)c1ccnc2c1CCNC2. The van der Waals surface area contributed by atoms with Crippen LogP contribution in [0.5, 0.6) is 0 Å². The average Bonchev–Trinajstić information content (AvgIpc) is 2.17. The average molecular weight is 178 g/mol. The largest absolute Gasteiger partial charge is 0.478 e. The number of carboxylic acid groups (broad SMARTS) is 1. The molecule has 0 aromatic carbocycles. The quantitative estimate of drug-likeness (QED) is 0.654. The van der Waals surface area contributed by atoms with E-state index in [-0.39, 0.29) is 0 Å². The number of pyridine rings is 1. The minimum Gasteiger partial charge on any atom is -0.478 e. The molecule has 1 aromatic heterocycles. The Labute approximate surface area is 75.6 Å². The van der Waals surface area contributed by atoms with E-state index in [9.17, 15) is 4.79 Å². The van der Waals surface area contributed by atoms with Gasteiger partial charge in [-0.25, -0.2) is 4.79 Å². The molecule has 2 rings (SSSR count). The van der Waals surface area contributed by atoms with Crippen molar-refractivity contribution < 1.29 is 9.90 Å². The van der Waals surface area contributed by atoms with Gasteiger partial charge in [0.25, 0.3) is 0 Å². The molecular weight excluding hydrogens is 168 g/mol. The topological polar surface area (TPSA) is 62.2 Å². The third-order valence-corrected chi connectivity index (χ3v) is 2.22. The second kappa shape index (κ2) is 3.14. The van der Waals surface area contributed by atoms with Gasteiger partial charge in [-0.1, -0.05) is 0 Å². The van der Waals surface area contributed by atoms with Crippen molar-refractivity contribution in [3.63, 3.8) is 0 Å². The van der Waals surface area contributed by atoms with Gasteiger partial charge in [0, 0.05) is 12.7 Å². The molecule has 0 amide bonds. The summed E-state index contributed by atoms with van der Waals surface area (Å²) in [6, 6.07) is 1.56. The van der Waals surface area contributed by atoms with Gasteiger partial charge in [-0.2, -0.15) is 0 Å². The van der Waals surface area contributed by atoms with Gasteiger partial charge in [-0.05, 0) is 24.6 Å². The molecule has 13 heavy (non-hydrogen) atoms. The number of carboxylic acids is 1. The number of nitrogens with one attached hydrogen (secondary N) is 1. The molecule has 4 heteroatoms. The Morgan fingerprint density at radius 3 is 3.23 bits per heavy atom. The van der Waals surface area contributed by atoms with Crippen molar-refractivity contribution in [1.29, 1.82) is 0 Å². The maximum Gasteiger partial charge on any atom is 0.336 e. The highest BCUT2D eigenvalue weighted by Gasteiger charge is 2.17. The maximum atomic E-state index is 10.8. The van der Waals surface area contributed by atoms with Crippen LogP contribution < -0.4 is 5.32 Å². The van der Waals surface area contributed by atoms with Crippen molar-refractivity contribution in [2.45, 2.75) is 13.0 Å². The smallest absolute Gasteiger partial charge is 0.336 e. The Morgan fingerprint density at radius 1 is 1.62 bits per heavy atom. The van der Waals surface area contributed by atoms with Gasteiger partial charge in [0.1, 0.15) is 0 Å². The molecule has 0 fully saturated rings. The molecule has 0 aliphatic carbocycles. The number of hydrogen-bond acceptors (Lipinski definition) is 3. The van der Waals surface area contributed by atoms with Crippen molar-refractivity contribution in [2.24, 2.45) is 0 Å². The van der Waals surface area contributed by atoms with Crippen LogP contribution in [0.4, 0.5) is 0 Å². The van der Waals surface area contributed by atoms with Gasteiger partial charge in [0.05, 0.1) is 11.3 Å². The maximum absolute atomic E-state index is 10.8. The molecule has 2 N–H and O–H groups in total. The van der Waals surface area contributed by atoms with Crippen LogP contribution in [0.15, 0.2) is 12.3 Å². The van der Waals surface area contributed by atoms with Crippen molar-refractivity contribution >= 4 is 5.97 Å². The molecule has 0 spiro atoms. The van der Waals surface area contributed by atoms with E-state index in [1.807, 2.05) is 0 Å². The summed E-state index contributed by atoms with van der Waals surface area (Å²) in [4.78, 5) is 15.0. The van der Waals surface area contributed by atoms with E-state index in [0.717, 1.165) is 24.2 Å². The minimum absolute atomic E-state index is 0.395. The number of fused-ring (bicyclic) bond motifs is 1. The van der Waals surface area contributed by atoms with Gasteiger partial charge in [-0.3, -0.25) is 4.98 Å². The summed E-state index contributed by atoms with van der Waals surface area (Å²) >= 11 is 0. The third-order valence-electron chi connectivity index (χ3n) is 2.22. The van der Waals surface area contributed by atoms with Crippen LogP contribution in [-0.2, 0) is 13.0 Å². The molecule has 0 radical (unpaired) electrons. The first kappa shape index (κ1) is 8.19. The zero-order valence-corrected chi connectivity index (χ0v) is 7.08. The van der Waals surface area contributed by atoms with E-state index in [1.54, 1.807) is 12.3 Å². The molecule has 0 atom stereocenters. The second-order valence-electron chi connectivity index (χ2n) is 3.02. The number of carbonyl (C=O) groups is 1. The van der Waals surface area contributed by atoms with E-state index in [1.165, 1.54) is 0 Å². The summed E-state index contributed by atoms with van der Waals surface area (Å²) in [5, 5.41) is 12.0. The highest BCUT2D eigenvalue weighted by Crippen LogP contribution is 2.15. The Kier molecular flexibility index (Phi) is 1.98. The third kappa shape index (κ3) is 1.40. The van der Waals surface area contributed by atoms with E-state index in [2.05, 4.69) is 10.3 Å². The van der Waals surface area contributed by atoms with E-state index in [0.29, 0.717) is 12.1 Å². The fourth-order valence-electron chi connectivity index (χ4n) is 1.59. The summed E-state index contributed by atoms with van der Waals surface area (Å²) in [6.45, 7) is 1.51. The molecule has 1 aromatic rings. The van der Waals surface area contributed by atoms with Crippen molar-refractivity contribution in [3.8, 4) is 0 Å². The molecular formula is C9H10N2O2. The predicted molar refractivity (Wildman–Crippen MR) is 46.6 cm³/mol. The summed E-state index contributed by atoms with van der Waals surface area (Å²) in [5.74, 6) is -0.861. The fraction of sp³-hybridized carbons (Fsp3) is 0.333. The first-order valence-corrected chi connectivity index (χ1v) is 4.20. The first-order chi connectivity index (χ1) is 6.29. The van der Waals surface area contributed by atoms with Gasteiger partial charge >= 0.3 is 5.97 Å². The summed E-state index contributed by atoms with van der Waals surface area (Å²) in [5.41, 5.74) is 2.14. The Balaban J connectivity index is 2.52. The molecule has 2 heterocycles. The highest BCUT2D eigenvalue weighted by molar-refractivity contribution is 5.89. The monoisotopic (exact) mass is 178 g/mol. The minimum atomic E-state index is -0.861. The summed E-state index contributed by atoms with van der Waals surface area (Å²) < 4.78 is 0. The van der Waals surface area contributed by atoms with E-state index < -0.39 is 5.97 Å². The molecule has 1 aliphatic heterocycles. The lowest BCUT2D eigenvalue weighted by molar-refractivity contribution is 0.0695. The fourth-order valence-corrected chi connectivity index (χ4v) is 1.59. The summed E-state index contributed by atoms with van der Waals surface area (Å²) in [6.07, 6.45) is 2.31. The highest BCUT2D eigenvalue weighted by atomic mass is 16.4. The van der Waals surface area contributed by atoms with Crippen LogP contribution in [0, 0.1) is 0 Å². The zero-order valence-electron chi connectivity index (χ0n) is 7.08. The van der Waals surface area contributed by atoms with Crippen LogP contribution >= 0.6 is 0 Å². The lowest BCUT2D eigenvalue weighted by atomic mass is 10.0. The number of hydrogen-bond donors (Lipinski definition) is 2. The molecule has 0 saturated heterocycles. The van der Waals surface area contributed by atoms with Crippen LogP contribution in [0.2, 0.25) is 0 Å². The molecule has 0 unspecified atom stereocenters. The van der Waals surface area contributed by atoms with Crippen molar-refractivity contribution in [2.75, 3.05) is 6.54 Å². The lowest BCUT2D eigenvalue weighted by Crippen LogP contribution is -2.26. The Morgan fingerprint density at radius 2 is 2.46 bits per heavy atom. The number of rotatable bonds is 1. The number of aromatic nitrogens is 1. The van der Waals surface area contributed by atoms with Crippen LogP contribution in [0.1, 0.15) is 21.6 Å². The van der Waals surface area contributed by atoms with E-state index in [4.69, 9.17) is 5.11 Å². The number of aromatic carboxylic acids is 1. The molecule has 68 valence electrons. The van der Waals surface area contributed by atoms with Crippen LogP contribution in [0.25, 0.3) is 0 Å². The van der Waals surface area contributed by atoms with Crippen molar-refractivity contribution in [1.82, 2.24) is 10.3 Å². The standard InChI is InChI=1S/C9H10N2O2/c12-9(13)7-2-4-11-8-5-10-3-1-6(7)8/h2,4,10H,1,3,5H2,(H,12,13). The van der Waals surface area contributed by atoms with Gasteiger partial charge in [0.15, 0.2) is 0 Å². The predicted octanol–water partition coefficient (Wildman–Crippen LogP) is 0.426. The molecule has 0 saturated carbocycles. The first-order valence-electron chi connectivity index (χ1n) is 4.20. The Hall–Kier alpha value is -1.42. The van der Waals surface area contributed by atoms with Gasteiger partial charge in [-0.15, -0.1) is 0 Å². The molecule has 4 nitrogen and oxygen atoms in total. The van der Waals surface area contributed by atoms with Gasteiger partial charge in [0.2, 0.25) is 0 Å².